The molecule has 0 aromatic heterocycles. The van der Waals surface area contributed by atoms with E-state index in [1.165, 1.54) is 0 Å². The molecule has 2 aliphatic heterocycles. The molecule has 0 spiro atoms. The number of amides is 2. The number of nitrogens with one attached hydrogen (secondary N) is 3. The number of rotatable bonds is 2. The van der Waals surface area contributed by atoms with Crippen molar-refractivity contribution in [3.8, 4) is 0 Å². The van der Waals surface area contributed by atoms with Gasteiger partial charge in [-0.15, -0.1) is 0 Å². The Balaban J connectivity index is 1.62. The number of carbonyl (C=O) groups excluding carboxylic acids is 2. The summed E-state index contributed by atoms with van der Waals surface area (Å²) < 4.78 is 0. The van der Waals surface area contributed by atoms with Crippen molar-refractivity contribution >= 4 is 17.5 Å². The predicted octanol–water partition coefficient (Wildman–Crippen LogP) is 0.808. The zero-order valence-corrected chi connectivity index (χ0v) is 11.3. The highest BCUT2D eigenvalue weighted by molar-refractivity contribution is 5.92. The lowest BCUT2D eigenvalue weighted by atomic mass is 10.1. The van der Waals surface area contributed by atoms with Crippen LogP contribution in [0.1, 0.15) is 24.8 Å². The monoisotopic (exact) mass is 273 g/mol. The van der Waals surface area contributed by atoms with Gasteiger partial charge in [0.2, 0.25) is 11.8 Å². The van der Waals surface area contributed by atoms with Gasteiger partial charge in [-0.2, -0.15) is 0 Å². The average molecular weight is 273 g/mol. The fourth-order valence-electron chi connectivity index (χ4n) is 2.81. The molecule has 1 aromatic rings. The Morgan fingerprint density at radius 1 is 1.25 bits per heavy atom. The largest absolute Gasteiger partial charge is 0.373 e. The van der Waals surface area contributed by atoms with Gasteiger partial charge in [-0.25, -0.2) is 0 Å². The Morgan fingerprint density at radius 2 is 2.10 bits per heavy atom. The third-order valence-electron chi connectivity index (χ3n) is 3.94. The van der Waals surface area contributed by atoms with E-state index in [0.717, 1.165) is 30.5 Å². The molecule has 0 aliphatic carbocycles. The maximum absolute atomic E-state index is 12.3. The van der Waals surface area contributed by atoms with Gasteiger partial charge in [-0.1, -0.05) is 18.2 Å². The van der Waals surface area contributed by atoms with Crippen LogP contribution in [0.25, 0.3) is 0 Å². The van der Waals surface area contributed by atoms with Crippen molar-refractivity contribution in [1.82, 2.24) is 10.6 Å². The summed E-state index contributed by atoms with van der Waals surface area (Å²) >= 11 is 0. The molecule has 3 rings (SSSR count). The molecule has 20 heavy (non-hydrogen) atoms. The zero-order valence-electron chi connectivity index (χ0n) is 11.3. The van der Waals surface area contributed by atoms with Crippen LogP contribution in [0.3, 0.4) is 0 Å². The summed E-state index contributed by atoms with van der Waals surface area (Å²) in [5.74, 6) is -0.158. The number of carbonyl (C=O) groups is 2. The Bertz CT molecular complexity index is 505. The predicted molar refractivity (Wildman–Crippen MR) is 76.3 cm³/mol. The minimum absolute atomic E-state index is 0.0636. The van der Waals surface area contributed by atoms with Crippen LogP contribution in [0.2, 0.25) is 0 Å². The average Bonchev–Trinajstić information content (AvgIpc) is 2.79. The lowest BCUT2D eigenvalue weighted by Gasteiger charge is -2.18. The number of para-hydroxylation sites is 1. The van der Waals surface area contributed by atoms with Gasteiger partial charge in [0.15, 0.2) is 0 Å². The first-order chi connectivity index (χ1) is 9.74. The molecule has 1 fully saturated rings. The number of hydrogen-bond acceptors (Lipinski definition) is 3. The number of fused-ring (bicyclic) bond motifs is 1. The molecule has 1 unspecified atom stereocenters. The van der Waals surface area contributed by atoms with E-state index in [4.69, 9.17) is 0 Å². The summed E-state index contributed by atoms with van der Waals surface area (Å²) in [5, 5.41) is 8.92. The highest BCUT2D eigenvalue weighted by atomic mass is 16.2. The van der Waals surface area contributed by atoms with Crippen molar-refractivity contribution in [1.29, 1.82) is 0 Å². The first kappa shape index (κ1) is 13.0. The van der Waals surface area contributed by atoms with Crippen LogP contribution in [0.4, 0.5) is 5.69 Å². The molecule has 106 valence electrons. The van der Waals surface area contributed by atoms with E-state index in [2.05, 4.69) is 16.0 Å². The topological polar surface area (TPSA) is 70.2 Å². The maximum atomic E-state index is 12.3. The van der Waals surface area contributed by atoms with Gasteiger partial charge in [-0.05, 0) is 30.9 Å². The van der Waals surface area contributed by atoms with Gasteiger partial charge in [0.1, 0.15) is 12.1 Å². The minimum atomic E-state index is -0.393. The van der Waals surface area contributed by atoms with Crippen molar-refractivity contribution < 1.29 is 9.59 Å². The number of hydrogen-bond donors (Lipinski definition) is 3. The Morgan fingerprint density at radius 3 is 2.95 bits per heavy atom. The lowest BCUT2D eigenvalue weighted by molar-refractivity contribution is -0.129. The van der Waals surface area contributed by atoms with Crippen molar-refractivity contribution in [2.75, 3.05) is 11.9 Å². The third kappa shape index (κ3) is 2.61. The fraction of sp³-hybridized carbons (Fsp3) is 0.467. The summed E-state index contributed by atoms with van der Waals surface area (Å²) in [6.45, 7) is 0.707. The summed E-state index contributed by atoms with van der Waals surface area (Å²) in [7, 11) is 0. The van der Waals surface area contributed by atoms with E-state index >= 15 is 0 Å². The lowest BCUT2D eigenvalue weighted by Crippen LogP contribution is -2.50. The van der Waals surface area contributed by atoms with E-state index in [1.54, 1.807) is 0 Å². The standard InChI is InChI=1S/C15H19N3O2/c19-14-12(7-3-4-8-16-14)18-15(20)13-9-10-5-1-2-6-11(10)17-13/h1-2,5-6,12-13,17H,3-4,7-9H2,(H,16,19)(H,18,20)/t12?,13-/m0/s1. The van der Waals surface area contributed by atoms with Crippen LogP contribution in [0.15, 0.2) is 24.3 Å². The second-order valence-electron chi connectivity index (χ2n) is 5.41. The molecule has 0 radical (unpaired) electrons. The van der Waals surface area contributed by atoms with Crippen LogP contribution in [0, 0.1) is 0 Å². The zero-order chi connectivity index (χ0) is 13.9. The molecule has 1 saturated heterocycles. The second kappa shape index (κ2) is 5.53. The molecular weight excluding hydrogens is 254 g/mol. The van der Waals surface area contributed by atoms with E-state index in [-0.39, 0.29) is 17.9 Å². The Labute approximate surface area is 118 Å². The molecule has 5 heteroatoms. The van der Waals surface area contributed by atoms with Gasteiger partial charge in [0.05, 0.1) is 0 Å². The van der Waals surface area contributed by atoms with Crippen LogP contribution < -0.4 is 16.0 Å². The Kier molecular flexibility index (Phi) is 3.58. The fourth-order valence-corrected chi connectivity index (χ4v) is 2.81. The van der Waals surface area contributed by atoms with E-state index in [0.29, 0.717) is 13.0 Å². The molecule has 2 aliphatic rings. The highest BCUT2D eigenvalue weighted by Crippen LogP contribution is 2.25. The Hall–Kier alpha value is -2.04. The molecule has 0 saturated carbocycles. The van der Waals surface area contributed by atoms with Crippen LogP contribution in [0.5, 0.6) is 0 Å². The second-order valence-corrected chi connectivity index (χ2v) is 5.41. The molecule has 0 bridgehead atoms. The molecule has 2 amide bonds. The van der Waals surface area contributed by atoms with Gasteiger partial charge >= 0.3 is 0 Å². The van der Waals surface area contributed by atoms with Crippen molar-refractivity contribution in [2.24, 2.45) is 0 Å². The highest BCUT2D eigenvalue weighted by Gasteiger charge is 2.30. The quantitative estimate of drug-likeness (QED) is 0.747. The van der Waals surface area contributed by atoms with Gasteiger partial charge < -0.3 is 16.0 Å². The van der Waals surface area contributed by atoms with Crippen LogP contribution in [-0.4, -0.2) is 30.4 Å². The van der Waals surface area contributed by atoms with Crippen LogP contribution >= 0.6 is 0 Å². The summed E-state index contributed by atoms with van der Waals surface area (Å²) in [5.41, 5.74) is 2.16. The normalized spacial score (nSPS) is 25.1. The molecular formula is C15H19N3O2. The molecule has 2 heterocycles. The minimum Gasteiger partial charge on any atom is -0.373 e. The molecule has 1 aromatic carbocycles. The molecule has 5 nitrogen and oxygen atoms in total. The summed E-state index contributed by atoms with van der Waals surface area (Å²) in [6.07, 6.45) is 3.33. The van der Waals surface area contributed by atoms with Crippen molar-refractivity contribution in [3.05, 3.63) is 29.8 Å². The SMILES string of the molecule is O=C1NCCCCC1NC(=O)[C@@H]1Cc2ccccc2N1. The number of benzene rings is 1. The molecule has 3 N–H and O–H groups in total. The van der Waals surface area contributed by atoms with Crippen molar-refractivity contribution in [3.63, 3.8) is 0 Å². The first-order valence-electron chi connectivity index (χ1n) is 7.16. The van der Waals surface area contributed by atoms with E-state index in [9.17, 15) is 9.59 Å². The smallest absolute Gasteiger partial charge is 0.243 e. The number of anilines is 1. The van der Waals surface area contributed by atoms with Crippen LogP contribution in [-0.2, 0) is 16.0 Å². The van der Waals surface area contributed by atoms with E-state index < -0.39 is 6.04 Å². The maximum Gasteiger partial charge on any atom is 0.243 e. The van der Waals surface area contributed by atoms with Gasteiger partial charge in [0.25, 0.3) is 0 Å². The summed E-state index contributed by atoms with van der Waals surface area (Å²) in [4.78, 5) is 24.1. The summed E-state index contributed by atoms with van der Waals surface area (Å²) in [6, 6.07) is 7.25. The van der Waals surface area contributed by atoms with Gasteiger partial charge in [0, 0.05) is 18.7 Å². The first-order valence-corrected chi connectivity index (χ1v) is 7.16. The van der Waals surface area contributed by atoms with E-state index in [1.807, 2.05) is 24.3 Å². The van der Waals surface area contributed by atoms with Crippen molar-refractivity contribution in [2.45, 2.75) is 37.8 Å². The molecule has 2 atom stereocenters. The third-order valence-corrected chi connectivity index (χ3v) is 3.94. The van der Waals surface area contributed by atoms with Gasteiger partial charge in [-0.3, -0.25) is 9.59 Å².